The molecule has 1 aliphatic carbocycles. The van der Waals surface area contributed by atoms with Gasteiger partial charge in [-0.3, -0.25) is 4.79 Å². The molecule has 152 valence electrons. The Bertz CT molecular complexity index is 853. The Hall–Kier alpha value is -1.69. The third kappa shape index (κ3) is 3.76. The number of carbonyl (C=O) groups excluding carboxylic acids is 1. The second kappa shape index (κ2) is 8.36. The third-order valence-corrected chi connectivity index (χ3v) is 7.18. The molecule has 0 N–H and O–H groups in total. The highest BCUT2D eigenvalue weighted by Crippen LogP contribution is 2.40. The fourth-order valence-electron chi connectivity index (χ4n) is 4.41. The van der Waals surface area contributed by atoms with Crippen LogP contribution in [0.25, 0.3) is 10.2 Å². The summed E-state index contributed by atoms with van der Waals surface area (Å²) in [6, 6.07) is 0. The van der Waals surface area contributed by atoms with Crippen molar-refractivity contribution in [2.75, 3.05) is 24.6 Å². The van der Waals surface area contributed by atoms with E-state index in [2.05, 4.69) is 18.7 Å². The summed E-state index contributed by atoms with van der Waals surface area (Å²) in [5.41, 5.74) is 1.50. The van der Waals surface area contributed by atoms with Crippen molar-refractivity contribution < 1.29 is 9.53 Å². The number of esters is 1. The van der Waals surface area contributed by atoms with E-state index in [0.29, 0.717) is 12.5 Å². The van der Waals surface area contributed by atoms with Gasteiger partial charge in [-0.25, -0.2) is 9.97 Å². The molecule has 2 aromatic rings. The number of carbonyl (C=O) groups is 1. The second-order valence-electron chi connectivity index (χ2n) is 8.32. The van der Waals surface area contributed by atoms with E-state index >= 15 is 0 Å². The van der Waals surface area contributed by atoms with Crippen LogP contribution < -0.4 is 4.90 Å². The number of anilines is 1. The van der Waals surface area contributed by atoms with Gasteiger partial charge in [-0.2, -0.15) is 0 Å². The van der Waals surface area contributed by atoms with E-state index in [-0.39, 0.29) is 11.9 Å². The number of hydrogen-bond donors (Lipinski definition) is 0. The van der Waals surface area contributed by atoms with Gasteiger partial charge >= 0.3 is 5.97 Å². The van der Waals surface area contributed by atoms with Crippen LogP contribution in [0.4, 0.5) is 5.82 Å². The highest BCUT2D eigenvalue weighted by molar-refractivity contribution is 7.19. The number of thiophene rings is 1. The monoisotopic (exact) mass is 401 g/mol. The summed E-state index contributed by atoms with van der Waals surface area (Å²) in [6.45, 7) is 8.38. The average Bonchev–Trinajstić information content (AvgIpc) is 2.88. The summed E-state index contributed by atoms with van der Waals surface area (Å²) >= 11 is 1.88. The maximum Gasteiger partial charge on any atom is 0.309 e. The van der Waals surface area contributed by atoms with Crippen molar-refractivity contribution >= 4 is 33.3 Å². The second-order valence-corrected chi connectivity index (χ2v) is 9.40. The molecule has 0 amide bonds. The predicted molar refractivity (Wildman–Crippen MR) is 114 cm³/mol. The van der Waals surface area contributed by atoms with E-state index in [1.54, 1.807) is 0 Å². The van der Waals surface area contributed by atoms with Crippen LogP contribution in [0.3, 0.4) is 0 Å². The Morgan fingerprint density at radius 1 is 1.18 bits per heavy atom. The Kier molecular flexibility index (Phi) is 5.85. The summed E-state index contributed by atoms with van der Waals surface area (Å²) in [4.78, 5) is 27.2. The quantitative estimate of drug-likeness (QED) is 0.541. The van der Waals surface area contributed by atoms with E-state index in [9.17, 15) is 4.79 Å². The maximum absolute atomic E-state index is 12.1. The standard InChI is InChI=1S/C22H31N3O2S/c1-4-27-22(26)15-10-12-25(13-11-15)20-18-16-8-6-5-7-9-17(16)28-21(18)24-19(23-20)14(2)3/h14-15H,4-13H2,1-3H3. The van der Waals surface area contributed by atoms with Crippen LogP contribution in [0.1, 0.15) is 75.1 Å². The smallest absolute Gasteiger partial charge is 0.309 e. The molecule has 1 saturated heterocycles. The molecule has 0 saturated carbocycles. The van der Waals surface area contributed by atoms with Gasteiger partial charge in [0.15, 0.2) is 0 Å². The predicted octanol–water partition coefficient (Wildman–Crippen LogP) is 4.86. The molecule has 0 aromatic carbocycles. The third-order valence-electron chi connectivity index (χ3n) is 5.99. The molecule has 28 heavy (non-hydrogen) atoms. The minimum atomic E-state index is -0.0396. The molecular formula is C22H31N3O2S. The number of aryl methyl sites for hydroxylation is 2. The first kappa shape index (κ1) is 19.6. The van der Waals surface area contributed by atoms with Crippen molar-refractivity contribution in [3.63, 3.8) is 0 Å². The van der Waals surface area contributed by atoms with E-state index in [4.69, 9.17) is 14.7 Å². The van der Waals surface area contributed by atoms with Gasteiger partial charge in [0.05, 0.1) is 17.9 Å². The molecule has 0 bridgehead atoms. The highest BCUT2D eigenvalue weighted by Gasteiger charge is 2.29. The van der Waals surface area contributed by atoms with Crippen molar-refractivity contribution in [3.05, 3.63) is 16.3 Å². The van der Waals surface area contributed by atoms with E-state index in [0.717, 1.165) is 48.8 Å². The Labute approximate surface area is 171 Å². The zero-order chi connectivity index (χ0) is 19.7. The van der Waals surface area contributed by atoms with Crippen LogP contribution in [0.2, 0.25) is 0 Å². The summed E-state index contributed by atoms with van der Waals surface area (Å²) < 4.78 is 5.24. The number of piperidine rings is 1. The molecule has 5 nitrogen and oxygen atoms in total. The van der Waals surface area contributed by atoms with Gasteiger partial charge in [-0.15, -0.1) is 11.3 Å². The van der Waals surface area contributed by atoms with Crippen molar-refractivity contribution in [2.45, 2.75) is 71.6 Å². The molecular weight excluding hydrogens is 370 g/mol. The lowest BCUT2D eigenvalue weighted by Crippen LogP contribution is -2.37. The number of nitrogens with zero attached hydrogens (tertiary/aromatic N) is 3. The zero-order valence-electron chi connectivity index (χ0n) is 17.3. The molecule has 0 spiro atoms. The molecule has 1 aliphatic heterocycles. The molecule has 4 rings (SSSR count). The van der Waals surface area contributed by atoms with Crippen LogP contribution in [0.15, 0.2) is 0 Å². The highest BCUT2D eigenvalue weighted by atomic mass is 32.1. The fraction of sp³-hybridized carbons (Fsp3) is 0.682. The van der Waals surface area contributed by atoms with Crippen LogP contribution in [-0.2, 0) is 22.4 Å². The van der Waals surface area contributed by atoms with Crippen molar-refractivity contribution in [2.24, 2.45) is 5.92 Å². The molecule has 0 radical (unpaired) electrons. The molecule has 6 heteroatoms. The molecule has 0 atom stereocenters. The minimum absolute atomic E-state index is 0.0256. The fourth-order valence-corrected chi connectivity index (χ4v) is 5.67. The van der Waals surface area contributed by atoms with Gasteiger partial charge in [0, 0.05) is 23.9 Å². The molecule has 2 aromatic heterocycles. The number of rotatable bonds is 4. The molecule has 3 heterocycles. The zero-order valence-corrected chi connectivity index (χ0v) is 18.1. The summed E-state index contributed by atoms with van der Waals surface area (Å²) in [5.74, 6) is 2.34. The molecule has 0 unspecified atom stereocenters. The van der Waals surface area contributed by atoms with Crippen molar-refractivity contribution in [1.29, 1.82) is 0 Å². The SMILES string of the molecule is CCOC(=O)C1CCN(c2nc(C(C)C)nc3sc4c(c23)CCCCC4)CC1. The lowest BCUT2D eigenvalue weighted by atomic mass is 9.96. The van der Waals surface area contributed by atoms with Crippen LogP contribution in [0.5, 0.6) is 0 Å². The normalized spacial score (nSPS) is 18.4. The van der Waals surface area contributed by atoms with Crippen LogP contribution >= 0.6 is 11.3 Å². The Balaban J connectivity index is 1.69. The number of fused-ring (bicyclic) bond motifs is 3. The first-order chi connectivity index (χ1) is 13.6. The van der Waals surface area contributed by atoms with Crippen molar-refractivity contribution in [3.8, 4) is 0 Å². The Morgan fingerprint density at radius 2 is 1.93 bits per heavy atom. The lowest BCUT2D eigenvalue weighted by molar-refractivity contribution is -0.148. The van der Waals surface area contributed by atoms with E-state index < -0.39 is 0 Å². The van der Waals surface area contributed by atoms with E-state index in [1.165, 1.54) is 41.5 Å². The summed E-state index contributed by atoms with van der Waals surface area (Å²) in [6.07, 6.45) is 7.86. The first-order valence-corrected chi connectivity index (χ1v) is 11.6. The number of aromatic nitrogens is 2. The van der Waals surface area contributed by atoms with Gasteiger partial charge in [0.1, 0.15) is 16.5 Å². The van der Waals surface area contributed by atoms with E-state index in [1.807, 2.05) is 18.3 Å². The summed E-state index contributed by atoms with van der Waals surface area (Å²) in [7, 11) is 0. The van der Waals surface area contributed by atoms with Gasteiger partial charge in [0.25, 0.3) is 0 Å². The van der Waals surface area contributed by atoms with Gasteiger partial charge in [-0.1, -0.05) is 20.3 Å². The largest absolute Gasteiger partial charge is 0.466 e. The average molecular weight is 402 g/mol. The van der Waals surface area contributed by atoms with Crippen LogP contribution in [0, 0.1) is 5.92 Å². The number of hydrogen-bond acceptors (Lipinski definition) is 6. The van der Waals surface area contributed by atoms with Crippen LogP contribution in [-0.4, -0.2) is 35.6 Å². The Morgan fingerprint density at radius 3 is 2.64 bits per heavy atom. The van der Waals surface area contributed by atoms with Gasteiger partial charge < -0.3 is 9.64 Å². The number of ether oxygens (including phenoxy) is 1. The van der Waals surface area contributed by atoms with Crippen molar-refractivity contribution in [1.82, 2.24) is 9.97 Å². The minimum Gasteiger partial charge on any atom is -0.466 e. The maximum atomic E-state index is 12.1. The summed E-state index contributed by atoms with van der Waals surface area (Å²) in [5, 5.41) is 1.29. The lowest BCUT2D eigenvalue weighted by Gasteiger charge is -2.32. The van der Waals surface area contributed by atoms with Gasteiger partial charge in [0.2, 0.25) is 0 Å². The first-order valence-electron chi connectivity index (χ1n) is 10.8. The molecule has 1 fully saturated rings. The topological polar surface area (TPSA) is 55.3 Å². The molecule has 2 aliphatic rings. The van der Waals surface area contributed by atoms with Gasteiger partial charge in [-0.05, 0) is 51.0 Å².